The summed E-state index contributed by atoms with van der Waals surface area (Å²) in [6, 6.07) is 3.85. The molecular formula is C12H16ClN3O2. The van der Waals surface area contributed by atoms with Crippen LogP contribution in [0.25, 0.3) is 0 Å². The van der Waals surface area contributed by atoms with Gasteiger partial charge in [0.1, 0.15) is 12.7 Å². The van der Waals surface area contributed by atoms with Crippen LogP contribution in [0.15, 0.2) is 23.3 Å². The van der Waals surface area contributed by atoms with E-state index in [4.69, 9.17) is 26.8 Å². The van der Waals surface area contributed by atoms with Crippen molar-refractivity contribution in [3.05, 3.63) is 23.4 Å². The number of aliphatic imine (C=N–C) groups is 1. The van der Waals surface area contributed by atoms with Gasteiger partial charge in [-0.25, -0.2) is 9.98 Å². The number of halogens is 1. The Labute approximate surface area is 111 Å². The molecule has 0 bridgehead atoms. The maximum atomic E-state index is 5.78. The summed E-state index contributed by atoms with van der Waals surface area (Å²) in [4.78, 5) is 8.29. The molecule has 0 amide bonds. The Balaban J connectivity index is 1.91. The number of nitrogens with two attached hydrogens (primary N) is 1. The van der Waals surface area contributed by atoms with Crippen molar-refractivity contribution < 1.29 is 9.47 Å². The van der Waals surface area contributed by atoms with Crippen molar-refractivity contribution in [3.63, 3.8) is 0 Å². The molecule has 2 rings (SSSR count). The molecule has 0 unspecified atom stereocenters. The summed E-state index contributed by atoms with van der Waals surface area (Å²) in [5.41, 5.74) is 5.47. The summed E-state index contributed by atoms with van der Waals surface area (Å²) in [5.74, 6) is 0.571. The molecule has 0 aromatic carbocycles. The maximum absolute atomic E-state index is 5.78. The van der Waals surface area contributed by atoms with Crippen molar-refractivity contribution in [1.29, 1.82) is 0 Å². The minimum atomic E-state index is 0.0434. The van der Waals surface area contributed by atoms with Crippen molar-refractivity contribution in [3.8, 4) is 5.88 Å². The standard InChI is InChI=1S/C12H16ClN3O2/c1-2-10(5-9-7-17-12(14)16-9)18-11-4-3-8(13)6-15-11/h3-4,6,9-10H,2,5,7H2,1H3,(H2,14,16)/t9-,10-/m0/s1. The number of ether oxygens (including phenoxy) is 2. The van der Waals surface area contributed by atoms with Crippen LogP contribution in [0.4, 0.5) is 0 Å². The first-order chi connectivity index (χ1) is 8.67. The lowest BCUT2D eigenvalue weighted by Gasteiger charge is -2.18. The zero-order chi connectivity index (χ0) is 13.0. The third kappa shape index (κ3) is 3.50. The number of amidine groups is 1. The molecule has 1 aromatic heterocycles. The van der Waals surface area contributed by atoms with E-state index in [0.29, 0.717) is 17.5 Å². The fourth-order valence-electron chi connectivity index (χ4n) is 1.76. The first-order valence-corrected chi connectivity index (χ1v) is 6.29. The van der Waals surface area contributed by atoms with Crippen molar-refractivity contribution in [1.82, 2.24) is 4.98 Å². The highest BCUT2D eigenvalue weighted by Gasteiger charge is 2.22. The second kappa shape index (κ2) is 5.91. The number of rotatable bonds is 5. The van der Waals surface area contributed by atoms with Crippen molar-refractivity contribution >= 4 is 17.6 Å². The van der Waals surface area contributed by atoms with Gasteiger partial charge in [-0.05, 0) is 12.5 Å². The van der Waals surface area contributed by atoms with Gasteiger partial charge in [0.15, 0.2) is 0 Å². The van der Waals surface area contributed by atoms with Crippen LogP contribution in [0, 0.1) is 0 Å². The lowest BCUT2D eigenvalue weighted by molar-refractivity contribution is 0.162. The fraction of sp³-hybridized carbons (Fsp3) is 0.500. The Kier molecular flexibility index (Phi) is 4.25. The van der Waals surface area contributed by atoms with Gasteiger partial charge in [-0.2, -0.15) is 0 Å². The van der Waals surface area contributed by atoms with E-state index >= 15 is 0 Å². The van der Waals surface area contributed by atoms with Crippen LogP contribution in [0.1, 0.15) is 19.8 Å². The van der Waals surface area contributed by atoms with Gasteiger partial charge in [-0.15, -0.1) is 0 Å². The topological polar surface area (TPSA) is 69.7 Å². The van der Waals surface area contributed by atoms with E-state index in [-0.39, 0.29) is 18.2 Å². The van der Waals surface area contributed by atoms with Gasteiger partial charge in [0.2, 0.25) is 5.88 Å². The average Bonchev–Trinajstić information content (AvgIpc) is 2.77. The van der Waals surface area contributed by atoms with Crippen LogP contribution >= 0.6 is 11.6 Å². The molecule has 6 heteroatoms. The van der Waals surface area contributed by atoms with E-state index in [9.17, 15) is 0 Å². The molecule has 0 radical (unpaired) electrons. The zero-order valence-electron chi connectivity index (χ0n) is 10.2. The molecule has 98 valence electrons. The molecule has 0 spiro atoms. The summed E-state index contributed by atoms with van der Waals surface area (Å²) in [6.07, 6.45) is 3.25. The molecule has 0 fully saturated rings. The highest BCUT2D eigenvalue weighted by Crippen LogP contribution is 2.18. The van der Waals surface area contributed by atoms with Gasteiger partial charge in [0.05, 0.1) is 11.1 Å². The highest BCUT2D eigenvalue weighted by molar-refractivity contribution is 6.30. The van der Waals surface area contributed by atoms with E-state index < -0.39 is 0 Å². The largest absolute Gasteiger partial charge is 0.474 e. The number of hydrogen-bond acceptors (Lipinski definition) is 5. The Bertz CT molecular complexity index is 422. The van der Waals surface area contributed by atoms with E-state index in [2.05, 4.69) is 16.9 Å². The van der Waals surface area contributed by atoms with Crippen LogP contribution in [-0.4, -0.2) is 29.8 Å². The van der Waals surface area contributed by atoms with Crippen LogP contribution in [-0.2, 0) is 4.74 Å². The third-order valence-electron chi connectivity index (χ3n) is 2.71. The van der Waals surface area contributed by atoms with Crippen LogP contribution in [0.3, 0.4) is 0 Å². The molecule has 2 atom stereocenters. The quantitative estimate of drug-likeness (QED) is 0.888. The van der Waals surface area contributed by atoms with E-state index in [1.54, 1.807) is 18.3 Å². The molecule has 1 aliphatic rings. The average molecular weight is 270 g/mol. The predicted octanol–water partition coefficient (Wildman–Crippen LogP) is 2.00. The minimum absolute atomic E-state index is 0.0434. The van der Waals surface area contributed by atoms with Crippen LogP contribution < -0.4 is 10.5 Å². The smallest absolute Gasteiger partial charge is 0.282 e. The van der Waals surface area contributed by atoms with Gasteiger partial charge in [-0.1, -0.05) is 18.5 Å². The first kappa shape index (κ1) is 13.0. The van der Waals surface area contributed by atoms with Gasteiger partial charge < -0.3 is 15.2 Å². The third-order valence-corrected chi connectivity index (χ3v) is 2.93. The predicted molar refractivity (Wildman–Crippen MR) is 69.9 cm³/mol. The maximum Gasteiger partial charge on any atom is 0.282 e. The summed E-state index contributed by atoms with van der Waals surface area (Å²) in [6.45, 7) is 2.59. The summed E-state index contributed by atoms with van der Waals surface area (Å²) in [5, 5.41) is 0.594. The van der Waals surface area contributed by atoms with Crippen molar-refractivity contribution in [2.45, 2.75) is 31.9 Å². The van der Waals surface area contributed by atoms with Gasteiger partial charge >= 0.3 is 0 Å². The molecule has 2 heterocycles. The summed E-state index contributed by atoms with van der Waals surface area (Å²) in [7, 11) is 0. The van der Waals surface area contributed by atoms with E-state index in [1.807, 2.05) is 0 Å². The minimum Gasteiger partial charge on any atom is -0.474 e. The molecule has 0 saturated carbocycles. The molecule has 5 nitrogen and oxygen atoms in total. The SMILES string of the molecule is CC[C@@H](C[C@H]1COC(N)=N1)Oc1ccc(Cl)cn1. The second-order valence-electron chi connectivity index (χ2n) is 4.13. The molecule has 2 N–H and O–H groups in total. The molecule has 18 heavy (non-hydrogen) atoms. The number of pyridine rings is 1. The number of hydrogen-bond donors (Lipinski definition) is 1. The Morgan fingerprint density at radius 1 is 1.61 bits per heavy atom. The Morgan fingerprint density at radius 2 is 2.44 bits per heavy atom. The van der Waals surface area contributed by atoms with Crippen LogP contribution in [0.2, 0.25) is 5.02 Å². The molecule has 1 aromatic rings. The zero-order valence-corrected chi connectivity index (χ0v) is 10.9. The first-order valence-electron chi connectivity index (χ1n) is 5.91. The van der Waals surface area contributed by atoms with Gasteiger partial charge in [0, 0.05) is 18.7 Å². The molecular weight excluding hydrogens is 254 g/mol. The van der Waals surface area contributed by atoms with Gasteiger partial charge in [0.25, 0.3) is 6.02 Å². The number of aromatic nitrogens is 1. The summed E-state index contributed by atoms with van der Waals surface area (Å²) < 4.78 is 10.9. The number of nitrogens with zero attached hydrogens (tertiary/aromatic N) is 2. The van der Waals surface area contributed by atoms with Crippen LogP contribution in [0.5, 0.6) is 5.88 Å². The van der Waals surface area contributed by atoms with E-state index in [0.717, 1.165) is 12.8 Å². The lowest BCUT2D eigenvalue weighted by atomic mass is 10.1. The van der Waals surface area contributed by atoms with Gasteiger partial charge in [-0.3, -0.25) is 0 Å². The van der Waals surface area contributed by atoms with Crippen molar-refractivity contribution in [2.75, 3.05) is 6.61 Å². The lowest BCUT2D eigenvalue weighted by Crippen LogP contribution is -2.23. The second-order valence-corrected chi connectivity index (χ2v) is 4.57. The van der Waals surface area contributed by atoms with E-state index in [1.165, 1.54) is 0 Å². The highest BCUT2D eigenvalue weighted by atomic mass is 35.5. The van der Waals surface area contributed by atoms with Crippen molar-refractivity contribution in [2.24, 2.45) is 10.7 Å². The fourth-order valence-corrected chi connectivity index (χ4v) is 1.87. The molecule has 1 aliphatic heterocycles. The molecule has 0 aliphatic carbocycles. The normalized spacial score (nSPS) is 20.1. The Hall–Kier alpha value is -1.49. The monoisotopic (exact) mass is 269 g/mol. The summed E-state index contributed by atoms with van der Waals surface area (Å²) >= 11 is 5.77. The Morgan fingerprint density at radius 3 is 3.00 bits per heavy atom. The molecule has 0 saturated heterocycles.